The smallest absolute Gasteiger partial charge is 0.328 e. The number of nitrogens with two attached hydrogens (primary N) is 1. The van der Waals surface area contributed by atoms with Crippen LogP contribution in [0.25, 0.3) is 0 Å². The number of rotatable bonds is 8. The molecule has 122 valence electrons. The Morgan fingerprint density at radius 2 is 1.91 bits per heavy atom. The van der Waals surface area contributed by atoms with Gasteiger partial charge < -0.3 is 20.5 Å². The van der Waals surface area contributed by atoms with Crippen LogP contribution < -0.4 is 11.1 Å². The van der Waals surface area contributed by atoms with E-state index in [1.807, 2.05) is 13.0 Å². The quantitative estimate of drug-likeness (QED) is 0.565. The second kappa shape index (κ2) is 8.92. The SMILES string of the molecule is CCOC(=O)CCC(Nc1ccc(N)c(C)c1)C(=O)OCC. The maximum absolute atomic E-state index is 12.0. The van der Waals surface area contributed by atoms with Crippen LogP contribution in [0, 0.1) is 6.92 Å². The van der Waals surface area contributed by atoms with Crippen LogP contribution in [-0.4, -0.2) is 31.2 Å². The lowest BCUT2D eigenvalue weighted by molar-refractivity contribution is -0.145. The Morgan fingerprint density at radius 3 is 2.50 bits per heavy atom. The fourth-order valence-electron chi connectivity index (χ4n) is 1.95. The van der Waals surface area contributed by atoms with Crippen LogP contribution in [0.2, 0.25) is 0 Å². The number of aryl methyl sites for hydroxylation is 1. The highest BCUT2D eigenvalue weighted by Gasteiger charge is 2.21. The molecule has 6 heteroatoms. The Kier molecular flexibility index (Phi) is 7.22. The molecular weight excluding hydrogens is 284 g/mol. The van der Waals surface area contributed by atoms with Crippen LogP contribution >= 0.6 is 0 Å². The number of ether oxygens (including phenoxy) is 2. The third-order valence-corrected chi connectivity index (χ3v) is 3.12. The lowest BCUT2D eigenvalue weighted by Gasteiger charge is -2.18. The second-order valence-corrected chi connectivity index (χ2v) is 4.86. The maximum Gasteiger partial charge on any atom is 0.328 e. The van der Waals surface area contributed by atoms with Gasteiger partial charge >= 0.3 is 11.9 Å². The van der Waals surface area contributed by atoms with Crippen LogP contribution in [0.1, 0.15) is 32.3 Å². The summed E-state index contributed by atoms with van der Waals surface area (Å²) < 4.78 is 9.93. The molecule has 0 bridgehead atoms. The van der Waals surface area contributed by atoms with Crippen LogP contribution in [0.5, 0.6) is 0 Å². The van der Waals surface area contributed by atoms with Crippen LogP contribution in [0.15, 0.2) is 18.2 Å². The summed E-state index contributed by atoms with van der Waals surface area (Å²) in [5, 5.41) is 3.09. The van der Waals surface area contributed by atoms with Crippen molar-refractivity contribution in [2.45, 2.75) is 39.7 Å². The average molecular weight is 308 g/mol. The summed E-state index contributed by atoms with van der Waals surface area (Å²) in [4.78, 5) is 23.5. The minimum Gasteiger partial charge on any atom is -0.466 e. The number of hydrogen-bond donors (Lipinski definition) is 2. The molecule has 0 heterocycles. The van der Waals surface area contributed by atoms with Gasteiger partial charge in [0.2, 0.25) is 0 Å². The molecule has 0 fully saturated rings. The van der Waals surface area contributed by atoms with E-state index in [1.54, 1.807) is 26.0 Å². The predicted molar refractivity (Wildman–Crippen MR) is 85.5 cm³/mol. The molecule has 22 heavy (non-hydrogen) atoms. The number of nitrogen functional groups attached to an aromatic ring is 1. The maximum atomic E-state index is 12.0. The highest BCUT2D eigenvalue weighted by atomic mass is 16.5. The van der Waals surface area contributed by atoms with Gasteiger partial charge in [-0.25, -0.2) is 4.79 Å². The first-order valence-corrected chi connectivity index (χ1v) is 7.42. The van der Waals surface area contributed by atoms with E-state index in [0.29, 0.717) is 18.7 Å². The number of hydrogen-bond acceptors (Lipinski definition) is 6. The van der Waals surface area contributed by atoms with E-state index in [9.17, 15) is 9.59 Å². The second-order valence-electron chi connectivity index (χ2n) is 4.86. The summed E-state index contributed by atoms with van der Waals surface area (Å²) in [6.07, 6.45) is 0.458. The van der Waals surface area contributed by atoms with E-state index < -0.39 is 6.04 Å². The molecule has 6 nitrogen and oxygen atoms in total. The van der Waals surface area contributed by atoms with Gasteiger partial charge in [-0.1, -0.05) is 0 Å². The van der Waals surface area contributed by atoms with Gasteiger partial charge in [-0.15, -0.1) is 0 Å². The molecule has 1 rings (SSSR count). The number of nitrogens with one attached hydrogen (secondary N) is 1. The summed E-state index contributed by atoms with van der Waals surface area (Å²) >= 11 is 0. The monoisotopic (exact) mass is 308 g/mol. The van der Waals surface area contributed by atoms with E-state index >= 15 is 0 Å². The first-order chi connectivity index (χ1) is 10.5. The largest absolute Gasteiger partial charge is 0.466 e. The number of carbonyl (C=O) groups excluding carboxylic acids is 2. The number of esters is 2. The molecule has 0 aliphatic heterocycles. The molecular formula is C16H24N2O4. The molecule has 1 aromatic carbocycles. The predicted octanol–water partition coefficient (Wildman–Crippen LogP) is 2.26. The van der Waals surface area contributed by atoms with Crippen molar-refractivity contribution in [1.82, 2.24) is 0 Å². The molecule has 3 N–H and O–H groups in total. The number of carbonyl (C=O) groups is 2. The Hall–Kier alpha value is -2.24. The molecule has 0 radical (unpaired) electrons. The Labute approximate surface area is 131 Å². The molecule has 0 aliphatic rings. The molecule has 0 aromatic heterocycles. The van der Waals surface area contributed by atoms with Crippen molar-refractivity contribution < 1.29 is 19.1 Å². The zero-order valence-corrected chi connectivity index (χ0v) is 13.3. The summed E-state index contributed by atoms with van der Waals surface area (Å²) in [5.74, 6) is -0.714. The Balaban J connectivity index is 2.74. The summed E-state index contributed by atoms with van der Waals surface area (Å²) in [5.41, 5.74) is 8.14. The van der Waals surface area contributed by atoms with Crippen LogP contribution in [-0.2, 0) is 19.1 Å². The molecule has 0 spiro atoms. The van der Waals surface area contributed by atoms with E-state index in [4.69, 9.17) is 15.2 Å². The molecule has 1 unspecified atom stereocenters. The molecule has 1 atom stereocenters. The van der Waals surface area contributed by atoms with E-state index in [-0.39, 0.29) is 25.0 Å². The standard InChI is InChI=1S/C16H24N2O4/c1-4-21-15(19)9-8-14(16(20)22-5-2)18-12-6-7-13(17)11(3)10-12/h6-7,10,14,18H,4-5,8-9,17H2,1-3H3. The Bertz CT molecular complexity index is 517. The summed E-state index contributed by atoms with van der Waals surface area (Å²) in [6.45, 7) is 5.99. The van der Waals surface area contributed by atoms with Crippen molar-refractivity contribution in [3.05, 3.63) is 23.8 Å². The van der Waals surface area contributed by atoms with Gasteiger partial charge in [0.05, 0.1) is 13.2 Å². The fraction of sp³-hybridized carbons (Fsp3) is 0.500. The van der Waals surface area contributed by atoms with Crippen molar-refractivity contribution >= 4 is 23.3 Å². The van der Waals surface area contributed by atoms with Gasteiger partial charge in [-0.2, -0.15) is 0 Å². The lowest BCUT2D eigenvalue weighted by Crippen LogP contribution is -2.32. The average Bonchev–Trinajstić information content (AvgIpc) is 2.47. The first kappa shape index (κ1) is 17.8. The van der Waals surface area contributed by atoms with Crippen LogP contribution in [0.4, 0.5) is 11.4 Å². The lowest BCUT2D eigenvalue weighted by atomic mass is 10.1. The van der Waals surface area contributed by atoms with Gasteiger partial charge in [0.25, 0.3) is 0 Å². The number of anilines is 2. The zero-order valence-electron chi connectivity index (χ0n) is 13.3. The minimum atomic E-state index is -0.604. The van der Waals surface area contributed by atoms with Crippen molar-refractivity contribution in [2.75, 3.05) is 24.3 Å². The van der Waals surface area contributed by atoms with Crippen molar-refractivity contribution in [3.63, 3.8) is 0 Å². The number of benzene rings is 1. The van der Waals surface area contributed by atoms with E-state index in [1.165, 1.54) is 0 Å². The molecule has 0 saturated carbocycles. The van der Waals surface area contributed by atoms with Gasteiger partial charge in [-0.05, 0) is 51.0 Å². The minimum absolute atomic E-state index is 0.151. The third kappa shape index (κ3) is 5.63. The summed E-state index contributed by atoms with van der Waals surface area (Å²) in [7, 11) is 0. The van der Waals surface area contributed by atoms with Crippen molar-refractivity contribution in [1.29, 1.82) is 0 Å². The van der Waals surface area contributed by atoms with Crippen molar-refractivity contribution in [3.8, 4) is 0 Å². The fourth-order valence-corrected chi connectivity index (χ4v) is 1.95. The normalized spacial score (nSPS) is 11.6. The van der Waals surface area contributed by atoms with Gasteiger partial charge in [0.1, 0.15) is 6.04 Å². The third-order valence-electron chi connectivity index (χ3n) is 3.12. The molecule has 0 amide bonds. The zero-order chi connectivity index (χ0) is 16.5. The van der Waals surface area contributed by atoms with Crippen molar-refractivity contribution in [2.24, 2.45) is 0 Å². The summed E-state index contributed by atoms with van der Waals surface area (Å²) in [6, 6.07) is 4.81. The van der Waals surface area contributed by atoms with E-state index in [0.717, 1.165) is 11.3 Å². The van der Waals surface area contributed by atoms with Gasteiger partial charge in [0.15, 0.2) is 0 Å². The highest BCUT2D eigenvalue weighted by molar-refractivity contribution is 5.80. The van der Waals surface area contributed by atoms with E-state index in [2.05, 4.69) is 5.32 Å². The van der Waals surface area contributed by atoms with Gasteiger partial charge in [-0.3, -0.25) is 4.79 Å². The molecule has 1 aromatic rings. The molecule has 0 aliphatic carbocycles. The van der Waals surface area contributed by atoms with Crippen LogP contribution in [0.3, 0.4) is 0 Å². The Morgan fingerprint density at radius 1 is 1.23 bits per heavy atom. The topological polar surface area (TPSA) is 90.6 Å². The highest BCUT2D eigenvalue weighted by Crippen LogP contribution is 2.18. The van der Waals surface area contributed by atoms with Gasteiger partial charge in [0, 0.05) is 17.8 Å². The first-order valence-electron chi connectivity index (χ1n) is 7.42. The molecule has 0 saturated heterocycles.